The number of halogens is 1. The van der Waals surface area contributed by atoms with Gasteiger partial charge in [0.2, 0.25) is 5.91 Å². The van der Waals surface area contributed by atoms with Crippen LogP contribution in [0.5, 0.6) is 11.5 Å². The standard InChI is InChI=1S/C17H26N2O4.ClH/c1-21-14-4-3-13(11-15(14)22-2)5-8-19-16(20)17(12-18)6-9-23-10-7-17;/h3-4,11H,5-10,12,18H2,1-2H3,(H,19,20);1H. The van der Waals surface area contributed by atoms with Gasteiger partial charge < -0.3 is 25.3 Å². The van der Waals surface area contributed by atoms with Crippen LogP contribution in [0.3, 0.4) is 0 Å². The summed E-state index contributed by atoms with van der Waals surface area (Å²) in [6.07, 6.45) is 2.10. The van der Waals surface area contributed by atoms with Crippen LogP contribution in [0.4, 0.5) is 0 Å². The van der Waals surface area contributed by atoms with E-state index in [0.717, 1.165) is 12.0 Å². The number of rotatable bonds is 7. The Hall–Kier alpha value is -1.50. The van der Waals surface area contributed by atoms with Crippen molar-refractivity contribution in [3.63, 3.8) is 0 Å². The van der Waals surface area contributed by atoms with E-state index in [9.17, 15) is 4.79 Å². The van der Waals surface area contributed by atoms with E-state index in [-0.39, 0.29) is 18.3 Å². The van der Waals surface area contributed by atoms with E-state index < -0.39 is 5.41 Å². The average molecular weight is 359 g/mol. The SMILES string of the molecule is COc1ccc(CCNC(=O)C2(CN)CCOCC2)cc1OC.Cl. The molecule has 0 saturated carbocycles. The Morgan fingerprint density at radius 2 is 1.92 bits per heavy atom. The second-order valence-electron chi connectivity index (χ2n) is 5.79. The van der Waals surface area contributed by atoms with Crippen molar-refractivity contribution in [1.29, 1.82) is 0 Å². The monoisotopic (exact) mass is 358 g/mol. The van der Waals surface area contributed by atoms with Gasteiger partial charge in [-0.3, -0.25) is 4.79 Å². The first-order valence-electron chi connectivity index (χ1n) is 7.92. The van der Waals surface area contributed by atoms with Crippen LogP contribution in [0.25, 0.3) is 0 Å². The Balaban J connectivity index is 0.00000288. The number of carbonyl (C=O) groups excluding carboxylic acids is 1. The van der Waals surface area contributed by atoms with Crippen molar-refractivity contribution in [2.75, 3.05) is 40.5 Å². The molecule has 1 aromatic carbocycles. The third-order valence-corrected chi connectivity index (χ3v) is 4.47. The number of benzene rings is 1. The van der Waals surface area contributed by atoms with E-state index in [1.165, 1.54) is 0 Å². The third kappa shape index (κ3) is 4.75. The molecule has 24 heavy (non-hydrogen) atoms. The number of hydrogen-bond donors (Lipinski definition) is 2. The number of nitrogens with two attached hydrogens (primary N) is 1. The van der Waals surface area contributed by atoms with Gasteiger partial charge in [0.1, 0.15) is 0 Å². The molecule has 0 bridgehead atoms. The van der Waals surface area contributed by atoms with Crippen molar-refractivity contribution in [3.05, 3.63) is 23.8 Å². The number of carbonyl (C=O) groups is 1. The summed E-state index contributed by atoms with van der Waals surface area (Å²) in [6.45, 7) is 2.12. The van der Waals surface area contributed by atoms with Crippen molar-refractivity contribution >= 4 is 18.3 Å². The van der Waals surface area contributed by atoms with E-state index in [2.05, 4.69) is 5.32 Å². The minimum absolute atomic E-state index is 0. The minimum atomic E-state index is -0.476. The second kappa shape index (κ2) is 9.71. The van der Waals surface area contributed by atoms with Crippen LogP contribution in [0.15, 0.2) is 18.2 Å². The maximum atomic E-state index is 12.5. The zero-order valence-electron chi connectivity index (χ0n) is 14.3. The summed E-state index contributed by atoms with van der Waals surface area (Å²) in [5.74, 6) is 1.42. The molecule has 1 aliphatic rings. The Bertz CT molecular complexity index is 533. The van der Waals surface area contributed by atoms with Crippen LogP contribution in [-0.4, -0.2) is 46.4 Å². The van der Waals surface area contributed by atoms with E-state index in [1.807, 2.05) is 18.2 Å². The zero-order valence-corrected chi connectivity index (χ0v) is 15.1. The van der Waals surface area contributed by atoms with Gasteiger partial charge in [0, 0.05) is 26.3 Å². The number of amides is 1. The van der Waals surface area contributed by atoms with Crippen LogP contribution in [0.1, 0.15) is 18.4 Å². The number of methoxy groups -OCH3 is 2. The lowest BCUT2D eigenvalue weighted by molar-refractivity contribution is -0.135. The van der Waals surface area contributed by atoms with E-state index in [1.54, 1.807) is 14.2 Å². The first-order valence-corrected chi connectivity index (χ1v) is 7.92. The van der Waals surface area contributed by atoms with Gasteiger partial charge in [-0.1, -0.05) is 6.07 Å². The fourth-order valence-corrected chi connectivity index (χ4v) is 2.83. The van der Waals surface area contributed by atoms with E-state index in [0.29, 0.717) is 50.6 Å². The molecule has 0 atom stereocenters. The Morgan fingerprint density at radius 1 is 1.25 bits per heavy atom. The van der Waals surface area contributed by atoms with Gasteiger partial charge in [0.25, 0.3) is 0 Å². The van der Waals surface area contributed by atoms with Gasteiger partial charge in [-0.2, -0.15) is 0 Å². The summed E-state index contributed by atoms with van der Waals surface area (Å²) in [7, 11) is 3.22. The topological polar surface area (TPSA) is 82.8 Å². The molecule has 0 radical (unpaired) electrons. The van der Waals surface area contributed by atoms with Gasteiger partial charge in [0.05, 0.1) is 19.6 Å². The maximum Gasteiger partial charge on any atom is 0.227 e. The average Bonchev–Trinajstić information content (AvgIpc) is 2.61. The molecule has 0 unspecified atom stereocenters. The van der Waals surface area contributed by atoms with Crippen molar-refractivity contribution < 1.29 is 19.0 Å². The molecule has 1 fully saturated rings. The van der Waals surface area contributed by atoms with Gasteiger partial charge in [-0.05, 0) is 37.0 Å². The van der Waals surface area contributed by atoms with Crippen LogP contribution < -0.4 is 20.5 Å². The normalized spacial score (nSPS) is 16.0. The number of nitrogens with one attached hydrogen (secondary N) is 1. The van der Waals surface area contributed by atoms with E-state index in [4.69, 9.17) is 19.9 Å². The van der Waals surface area contributed by atoms with Crippen LogP contribution >= 0.6 is 12.4 Å². The van der Waals surface area contributed by atoms with Crippen molar-refractivity contribution in [2.45, 2.75) is 19.3 Å². The summed E-state index contributed by atoms with van der Waals surface area (Å²) in [5.41, 5.74) is 6.45. The molecule has 1 aliphatic heterocycles. The Kier molecular flexibility index (Phi) is 8.31. The van der Waals surface area contributed by atoms with Gasteiger partial charge in [0.15, 0.2) is 11.5 Å². The number of hydrogen-bond acceptors (Lipinski definition) is 5. The molecule has 2 rings (SSSR count). The molecule has 7 heteroatoms. The van der Waals surface area contributed by atoms with Gasteiger partial charge in [-0.25, -0.2) is 0 Å². The van der Waals surface area contributed by atoms with Crippen molar-refractivity contribution in [3.8, 4) is 11.5 Å². The minimum Gasteiger partial charge on any atom is -0.493 e. The lowest BCUT2D eigenvalue weighted by Gasteiger charge is -2.34. The van der Waals surface area contributed by atoms with Gasteiger partial charge in [-0.15, -0.1) is 12.4 Å². The summed E-state index contributed by atoms with van der Waals surface area (Å²) in [5, 5.41) is 3.01. The first-order chi connectivity index (χ1) is 11.1. The molecule has 6 nitrogen and oxygen atoms in total. The molecule has 0 aromatic heterocycles. The molecule has 3 N–H and O–H groups in total. The highest BCUT2D eigenvalue weighted by Gasteiger charge is 2.38. The molecule has 1 aromatic rings. The molecule has 1 saturated heterocycles. The molecule has 136 valence electrons. The number of ether oxygens (including phenoxy) is 3. The van der Waals surface area contributed by atoms with Crippen molar-refractivity contribution in [1.82, 2.24) is 5.32 Å². The Morgan fingerprint density at radius 3 is 2.50 bits per heavy atom. The molecule has 0 aliphatic carbocycles. The molecule has 1 amide bonds. The summed E-state index contributed by atoms with van der Waals surface area (Å²) in [4.78, 5) is 12.5. The second-order valence-corrected chi connectivity index (χ2v) is 5.79. The molecule has 1 heterocycles. The zero-order chi connectivity index (χ0) is 16.7. The fourth-order valence-electron chi connectivity index (χ4n) is 2.83. The molecular formula is C17H27ClN2O4. The summed E-state index contributed by atoms with van der Waals surface area (Å²) < 4.78 is 15.8. The largest absolute Gasteiger partial charge is 0.493 e. The van der Waals surface area contributed by atoms with Gasteiger partial charge >= 0.3 is 0 Å². The van der Waals surface area contributed by atoms with E-state index >= 15 is 0 Å². The highest BCUT2D eigenvalue weighted by atomic mass is 35.5. The lowest BCUT2D eigenvalue weighted by atomic mass is 9.79. The van der Waals surface area contributed by atoms with Crippen LogP contribution in [-0.2, 0) is 16.0 Å². The predicted molar refractivity (Wildman–Crippen MR) is 95.0 cm³/mol. The quantitative estimate of drug-likeness (QED) is 0.772. The Labute approximate surface area is 149 Å². The smallest absolute Gasteiger partial charge is 0.227 e. The molecular weight excluding hydrogens is 332 g/mol. The maximum absolute atomic E-state index is 12.5. The molecule has 0 spiro atoms. The highest BCUT2D eigenvalue weighted by Crippen LogP contribution is 2.30. The predicted octanol–water partition coefficient (Wildman–Crippen LogP) is 1.54. The summed E-state index contributed by atoms with van der Waals surface area (Å²) in [6, 6.07) is 5.77. The van der Waals surface area contributed by atoms with Crippen molar-refractivity contribution in [2.24, 2.45) is 11.1 Å². The summed E-state index contributed by atoms with van der Waals surface area (Å²) >= 11 is 0. The van der Waals surface area contributed by atoms with Crippen LogP contribution in [0.2, 0.25) is 0 Å². The lowest BCUT2D eigenvalue weighted by Crippen LogP contribution is -2.49. The fraction of sp³-hybridized carbons (Fsp3) is 0.588. The van der Waals surface area contributed by atoms with Crippen LogP contribution in [0, 0.1) is 5.41 Å². The highest BCUT2D eigenvalue weighted by molar-refractivity contribution is 5.85. The third-order valence-electron chi connectivity index (χ3n) is 4.47. The first kappa shape index (κ1) is 20.5.